The number of hydrogen-bond acceptors (Lipinski definition) is 4. The number of nitrogens with zero attached hydrogens (tertiary/aromatic N) is 1. The minimum absolute atomic E-state index is 0.0436. The van der Waals surface area contributed by atoms with E-state index in [1.807, 2.05) is 0 Å². The number of fused-ring (bicyclic) bond motifs is 1. The van der Waals surface area contributed by atoms with Gasteiger partial charge in [-0.25, -0.2) is 4.79 Å². The van der Waals surface area contributed by atoms with E-state index in [1.165, 1.54) is 7.05 Å². The number of ketones is 1. The molecule has 0 fully saturated rings. The number of anilines is 1. The molecule has 1 aliphatic rings. The van der Waals surface area contributed by atoms with Crippen molar-refractivity contribution in [3.8, 4) is 0 Å². The lowest BCUT2D eigenvalue weighted by atomic mass is 10.2. The standard InChI is InChI=1S/C7H7N3O3/c1-10-6(12)4-3(11)2-8-5(4)9-7(10)13/h8H,2H2,1H3,(H,9,13). The lowest BCUT2D eigenvalue weighted by Gasteiger charge is -1.99. The Kier molecular flexibility index (Phi) is 1.39. The predicted octanol–water partition coefficient (Wildman–Crippen LogP) is -1.32. The Morgan fingerprint density at radius 1 is 1.31 bits per heavy atom. The molecule has 0 saturated carbocycles. The van der Waals surface area contributed by atoms with Gasteiger partial charge >= 0.3 is 5.69 Å². The number of H-pyrrole nitrogens is 1. The molecule has 6 nitrogen and oxygen atoms in total. The Balaban J connectivity index is 2.91. The molecule has 13 heavy (non-hydrogen) atoms. The summed E-state index contributed by atoms with van der Waals surface area (Å²) in [4.78, 5) is 36.0. The summed E-state index contributed by atoms with van der Waals surface area (Å²) in [5.41, 5.74) is -1.03. The first-order valence-electron chi connectivity index (χ1n) is 3.71. The van der Waals surface area contributed by atoms with Crippen LogP contribution >= 0.6 is 0 Å². The number of aromatic amines is 1. The van der Waals surface area contributed by atoms with Crippen LogP contribution in [0.5, 0.6) is 0 Å². The van der Waals surface area contributed by atoms with E-state index in [0.717, 1.165) is 4.57 Å². The van der Waals surface area contributed by atoms with Crippen molar-refractivity contribution in [2.75, 3.05) is 11.9 Å². The van der Waals surface area contributed by atoms with Crippen LogP contribution in [0.15, 0.2) is 9.59 Å². The van der Waals surface area contributed by atoms with Crippen molar-refractivity contribution in [3.05, 3.63) is 26.4 Å². The van der Waals surface area contributed by atoms with Crippen molar-refractivity contribution in [1.29, 1.82) is 0 Å². The smallest absolute Gasteiger partial charge is 0.329 e. The largest absolute Gasteiger partial charge is 0.363 e. The van der Waals surface area contributed by atoms with Crippen molar-refractivity contribution < 1.29 is 4.79 Å². The highest BCUT2D eigenvalue weighted by Crippen LogP contribution is 2.11. The Morgan fingerprint density at radius 3 is 2.69 bits per heavy atom. The first-order valence-corrected chi connectivity index (χ1v) is 3.71. The molecule has 2 heterocycles. The van der Waals surface area contributed by atoms with E-state index in [1.54, 1.807) is 0 Å². The van der Waals surface area contributed by atoms with Crippen LogP contribution in [0, 0.1) is 0 Å². The molecule has 0 bridgehead atoms. The van der Waals surface area contributed by atoms with Crippen LogP contribution in [-0.2, 0) is 7.05 Å². The number of carbonyl (C=O) groups is 1. The van der Waals surface area contributed by atoms with Gasteiger partial charge in [-0.1, -0.05) is 0 Å². The molecule has 0 aromatic carbocycles. The second-order valence-corrected chi connectivity index (χ2v) is 2.82. The fraction of sp³-hybridized carbons (Fsp3) is 0.286. The van der Waals surface area contributed by atoms with Crippen molar-refractivity contribution in [3.63, 3.8) is 0 Å². The number of aromatic nitrogens is 2. The van der Waals surface area contributed by atoms with Crippen molar-refractivity contribution in [2.45, 2.75) is 0 Å². The Bertz CT molecular complexity index is 497. The fourth-order valence-electron chi connectivity index (χ4n) is 1.27. The average Bonchev–Trinajstić information content (AvgIpc) is 2.43. The minimum Gasteiger partial charge on any atom is -0.363 e. The monoisotopic (exact) mass is 181 g/mol. The molecule has 2 rings (SSSR count). The second-order valence-electron chi connectivity index (χ2n) is 2.82. The molecule has 1 aromatic rings. The fourth-order valence-corrected chi connectivity index (χ4v) is 1.27. The number of nitrogens with one attached hydrogen (secondary N) is 2. The molecule has 0 unspecified atom stereocenters. The third kappa shape index (κ3) is 0.915. The van der Waals surface area contributed by atoms with Crippen molar-refractivity contribution in [1.82, 2.24) is 9.55 Å². The van der Waals surface area contributed by atoms with Crippen molar-refractivity contribution in [2.24, 2.45) is 7.05 Å². The van der Waals surface area contributed by atoms with E-state index in [-0.39, 0.29) is 23.7 Å². The number of hydrogen-bond donors (Lipinski definition) is 2. The Labute approximate surface area is 72.2 Å². The molecule has 0 aliphatic carbocycles. The van der Waals surface area contributed by atoms with Crippen LogP contribution in [0.2, 0.25) is 0 Å². The van der Waals surface area contributed by atoms with Gasteiger partial charge in [0.1, 0.15) is 11.4 Å². The van der Waals surface area contributed by atoms with E-state index < -0.39 is 11.2 Å². The molecule has 0 saturated heterocycles. The molecule has 0 spiro atoms. The lowest BCUT2D eigenvalue weighted by molar-refractivity contribution is 0.101. The van der Waals surface area contributed by atoms with Gasteiger partial charge in [-0.05, 0) is 0 Å². The predicted molar refractivity (Wildman–Crippen MR) is 45.1 cm³/mol. The molecule has 6 heteroatoms. The molecule has 1 aromatic heterocycles. The van der Waals surface area contributed by atoms with Gasteiger partial charge in [0.05, 0.1) is 6.54 Å². The summed E-state index contributed by atoms with van der Waals surface area (Å²) >= 11 is 0. The lowest BCUT2D eigenvalue weighted by Crippen LogP contribution is -2.35. The third-order valence-corrected chi connectivity index (χ3v) is 2.01. The van der Waals surface area contributed by atoms with Gasteiger partial charge in [0.2, 0.25) is 0 Å². The van der Waals surface area contributed by atoms with Gasteiger partial charge in [0.25, 0.3) is 5.56 Å². The van der Waals surface area contributed by atoms with Crippen LogP contribution in [-0.4, -0.2) is 21.9 Å². The van der Waals surface area contributed by atoms with Gasteiger partial charge in [-0.3, -0.25) is 19.1 Å². The average molecular weight is 181 g/mol. The van der Waals surface area contributed by atoms with E-state index >= 15 is 0 Å². The van der Waals surface area contributed by atoms with Crippen LogP contribution in [0.1, 0.15) is 10.4 Å². The number of Topliss-reactive ketones (excluding diaryl/α,β-unsaturated/α-hetero) is 1. The summed E-state index contributed by atoms with van der Waals surface area (Å²) in [6.07, 6.45) is 0. The normalized spacial score (nSPS) is 14.1. The molecule has 2 N–H and O–H groups in total. The zero-order valence-corrected chi connectivity index (χ0v) is 6.88. The van der Waals surface area contributed by atoms with Crippen LogP contribution in [0.4, 0.5) is 5.82 Å². The van der Waals surface area contributed by atoms with Gasteiger partial charge in [-0.2, -0.15) is 0 Å². The maximum absolute atomic E-state index is 11.4. The van der Waals surface area contributed by atoms with E-state index in [2.05, 4.69) is 10.3 Å². The van der Waals surface area contributed by atoms with E-state index in [4.69, 9.17) is 0 Å². The van der Waals surface area contributed by atoms with E-state index in [0.29, 0.717) is 0 Å². The molecule has 1 aliphatic heterocycles. The van der Waals surface area contributed by atoms with Gasteiger partial charge in [0, 0.05) is 7.05 Å². The quantitative estimate of drug-likeness (QED) is 0.520. The van der Waals surface area contributed by atoms with Crippen LogP contribution in [0.25, 0.3) is 0 Å². The van der Waals surface area contributed by atoms with E-state index in [9.17, 15) is 14.4 Å². The maximum Gasteiger partial charge on any atom is 0.329 e. The highest BCUT2D eigenvalue weighted by atomic mass is 16.2. The summed E-state index contributed by atoms with van der Waals surface area (Å²) in [7, 11) is 1.33. The minimum atomic E-state index is -0.547. The molecule has 0 radical (unpaired) electrons. The molecular weight excluding hydrogens is 174 g/mol. The van der Waals surface area contributed by atoms with Crippen LogP contribution < -0.4 is 16.6 Å². The Hall–Kier alpha value is -1.85. The highest BCUT2D eigenvalue weighted by molar-refractivity contribution is 6.06. The number of rotatable bonds is 0. The van der Waals surface area contributed by atoms with Gasteiger partial charge in [0.15, 0.2) is 5.78 Å². The summed E-state index contributed by atoms with van der Waals surface area (Å²) < 4.78 is 0.879. The zero-order chi connectivity index (χ0) is 9.59. The number of carbonyl (C=O) groups excluding carboxylic acids is 1. The summed E-state index contributed by atoms with van der Waals surface area (Å²) in [5, 5.41) is 2.64. The second kappa shape index (κ2) is 2.32. The summed E-state index contributed by atoms with van der Waals surface area (Å²) in [5.74, 6) is -0.0510. The van der Waals surface area contributed by atoms with Gasteiger partial charge < -0.3 is 5.32 Å². The van der Waals surface area contributed by atoms with Gasteiger partial charge in [-0.15, -0.1) is 0 Å². The maximum atomic E-state index is 11.4. The molecule has 0 atom stereocenters. The topological polar surface area (TPSA) is 84.0 Å². The first-order chi connectivity index (χ1) is 6.11. The zero-order valence-electron chi connectivity index (χ0n) is 6.88. The first kappa shape index (κ1) is 7.78. The molecule has 68 valence electrons. The van der Waals surface area contributed by atoms with Crippen molar-refractivity contribution >= 4 is 11.6 Å². The molecule has 0 amide bonds. The van der Waals surface area contributed by atoms with Crippen LogP contribution in [0.3, 0.4) is 0 Å². The summed E-state index contributed by atoms with van der Waals surface area (Å²) in [6.45, 7) is 0.0739. The Morgan fingerprint density at radius 2 is 2.00 bits per heavy atom. The highest BCUT2D eigenvalue weighted by Gasteiger charge is 2.24. The SMILES string of the molecule is Cn1c(=O)[nH]c2c(c1=O)C(=O)CN2. The third-order valence-electron chi connectivity index (χ3n) is 2.01. The summed E-state index contributed by atoms with van der Waals surface area (Å²) in [6, 6.07) is 0. The molecular formula is C7H7N3O3.